The van der Waals surface area contributed by atoms with Crippen molar-refractivity contribution in [3.63, 3.8) is 0 Å². The van der Waals surface area contributed by atoms with Crippen LogP contribution in [0.25, 0.3) is 0 Å². The van der Waals surface area contributed by atoms with Gasteiger partial charge >= 0.3 is 0 Å². The van der Waals surface area contributed by atoms with Crippen LogP contribution in [0.3, 0.4) is 0 Å². The molecule has 1 atom stereocenters. The van der Waals surface area contributed by atoms with E-state index >= 15 is 0 Å². The first-order valence-electron chi connectivity index (χ1n) is 7.15. The molecule has 0 unspecified atom stereocenters. The lowest BCUT2D eigenvalue weighted by Gasteiger charge is -2.15. The monoisotopic (exact) mass is 278 g/mol. The van der Waals surface area contributed by atoms with E-state index in [4.69, 9.17) is 10.5 Å². The predicted octanol–water partition coefficient (Wildman–Crippen LogP) is 2.32. The van der Waals surface area contributed by atoms with Crippen LogP contribution in [0.4, 0.5) is 0 Å². The second-order valence-corrected chi connectivity index (χ2v) is 5.84. The van der Waals surface area contributed by atoms with Gasteiger partial charge in [-0.2, -0.15) is 0 Å². The molecule has 112 valence electrons. The molecule has 0 aliphatic carbocycles. The average molecular weight is 278 g/mol. The van der Waals surface area contributed by atoms with Crippen molar-refractivity contribution in [1.82, 2.24) is 5.32 Å². The molecule has 0 saturated carbocycles. The Morgan fingerprint density at radius 3 is 2.60 bits per heavy atom. The molecular weight excluding hydrogens is 252 g/mol. The van der Waals surface area contributed by atoms with E-state index in [1.807, 2.05) is 38.1 Å². The molecule has 0 aromatic heterocycles. The molecule has 0 bridgehead atoms. The summed E-state index contributed by atoms with van der Waals surface area (Å²) < 4.78 is 5.66. The molecular formula is C16H26N2O2. The summed E-state index contributed by atoms with van der Waals surface area (Å²) in [4.78, 5) is 11.8. The lowest BCUT2D eigenvalue weighted by molar-refractivity contribution is -0.123. The van der Waals surface area contributed by atoms with Gasteiger partial charge < -0.3 is 15.8 Å². The van der Waals surface area contributed by atoms with Crippen LogP contribution in [0.5, 0.6) is 5.75 Å². The Morgan fingerprint density at radius 2 is 2.00 bits per heavy atom. The zero-order valence-electron chi connectivity index (χ0n) is 12.8. The first-order chi connectivity index (χ1) is 9.40. The molecule has 4 nitrogen and oxygen atoms in total. The Labute approximate surface area is 121 Å². The first-order valence-corrected chi connectivity index (χ1v) is 7.15. The maximum absolute atomic E-state index is 11.8. The normalized spacial score (nSPS) is 12.6. The van der Waals surface area contributed by atoms with Crippen molar-refractivity contribution in [2.45, 2.75) is 40.3 Å². The summed E-state index contributed by atoms with van der Waals surface area (Å²) in [5.41, 5.74) is 6.81. The number of nitrogens with two attached hydrogens (primary N) is 1. The highest BCUT2D eigenvalue weighted by Crippen LogP contribution is 2.14. The van der Waals surface area contributed by atoms with Gasteiger partial charge in [-0.05, 0) is 29.5 Å². The molecule has 0 saturated heterocycles. The molecule has 1 aromatic carbocycles. The lowest BCUT2D eigenvalue weighted by atomic mass is 10.0. The number of benzene rings is 1. The Kier molecular flexibility index (Phi) is 6.52. The fourth-order valence-corrected chi connectivity index (χ4v) is 1.62. The highest BCUT2D eigenvalue weighted by atomic mass is 16.5. The summed E-state index contributed by atoms with van der Waals surface area (Å²) in [6.45, 7) is 9.25. The van der Waals surface area contributed by atoms with Crippen molar-refractivity contribution in [3.05, 3.63) is 29.8 Å². The number of nitrogens with one attached hydrogen (secondary N) is 1. The number of rotatable bonds is 7. The Morgan fingerprint density at radius 1 is 1.30 bits per heavy atom. The highest BCUT2D eigenvalue weighted by Gasteiger charge is 2.16. The fourth-order valence-electron chi connectivity index (χ4n) is 1.62. The smallest absolute Gasteiger partial charge is 0.237 e. The molecule has 0 radical (unpaired) electrons. The van der Waals surface area contributed by atoms with Crippen molar-refractivity contribution in [2.24, 2.45) is 17.6 Å². The van der Waals surface area contributed by atoms with E-state index < -0.39 is 6.04 Å². The predicted molar refractivity (Wildman–Crippen MR) is 81.4 cm³/mol. The summed E-state index contributed by atoms with van der Waals surface area (Å²) in [6, 6.07) is 7.30. The Hall–Kier alpha value is -1.55. The third-order valence-corrected chi connectivity index (χ3v) is 2.97. The van der Waals surface area contributed by atoms with Crippen LogP contribution < -0.4 is 15.8 Å². The molecule has 4 heteroatoms. The van der Waals surface area contributed by atoms with Crippen LogP contribution in [0.2, 0.25) is 0 Å². The van der Waals surface area contributed by atoms with Crippen LogP contribution in [0.1, 0.15) is 33.3 Å². The van der Waals surface area contributed by atoms with Crippen LogP contribution in [0, 0.1) is 11.8 Å². The van der Waals surface area contributed by atoms with Crippen LogP contribution in [-0.4, -0.2) is 18.6 Å². The van der Waals surface area contributed by atoms with E-state index in [0.29, 0.717) is 19.1 Å². The summed E-state index contributed by atoms with van der Waals surface area (Å²) in [6.07, 6.45) is 0. The average Bonchev–Trinajstić information content (AvgIpc) is 2.42. The number of hydrogen-bond acceptors (Lipinski definition) is 3. The Balaban J connectivity index is 2.52. The molecule has 20 heavy (non-hydrogen) atoms. The summed E-state index contributed by atoms with van der Waals surface area (Å²) in [5.74, 6) is 1.34. The van der Waals surface area contributed by atoms with Crippen LogP contribution in [0.15, 0.2) is 24.3 Å². The molecule has 1 amide bonds. The number of carbonyl (C=O) groups excluding carboxylic acids is 1. The molecule has 1 aromatic rings. The number of carbonyl (C=O) groups is 1. The van der Waals surface area contributed by atoms with Crippen molar-refractivity contribution in [3.8, 4) is 5.75 Å². The van der Waals surface area contributed by atoms with E-state index in [0.717, 1.165) is 11.3 Å². The molecule has 0 spiro atoms. The molecule has 0 heterocycles. The van der Waals surface area contributed by atoms with E-state index in [1.54, 1.807) is 0 Å². The van der Waals surface area contributed by atoms with Gasteiger partial charge in [-0.1, -0.05) is 39.8 Å². The highest BCUT2D eigenvalue weighted by molar-refractivity contribution is 5.81. The number of ether oxygens (including phenoxy) is 1. The van der Waals surface area contributed by atoms with E-state index in [9.17, 15) is 4.79 Å². The van der Waals surface area contributed by atoms with Gasteiger partial charge in [-0.25, -0.2) is 0 Å². The summed E-state index contributed by atoms with van der Waals surface area (Å²) >= 11 is 0. The number of amides is 1. The molecule has 0 aliphatic heterocycles. The van der Waals surface area contributed by atoms with Gasteiger partial charge in [-0.15, -0.1) is 0 Å². The first kappa shape index (κ1) is 16.5. The van der Waals surface area contributed by atoms with Gasteiger partial charge in [0.1, 0.15) is 5.75 Å². The van der Waals surface area contributed by atoms with Gasteiger partial charge in [0, 0.05) is 6.54 Å². The second kappa shape index (κ2) is 7.90. The minimum Gasteiger partial charge on any atom is -0.493 e. The zero-order chi connectivity index (χ0) is 15.1. The van der Waals surface area contributed by atoms with Crippen LogP contribution >= 0.6 is 0 Å². The van der Waals surface area contributed by atoms with Crippen LogP contribution in [-0.2, 0) is 11.3 Å². The number of hydrogen-bond donors (Lipinski definition) is 2. The summed E-state index contributed by atoms with van der Waals surface area (Å²) in [7, 11) is 0. The standard InChI is InChI=1S/C16H26N2O2/c1-11(2)10-20-14-7-5-6-13(8-14)9-18-16(19)15(17)12(3)4/h5-8,11-12,15H,9-10,17H2,1-4H3,(H,18,19)/t15-/m0/s1. The molecule has 3 N–H and O–H groups in total. The minimum atomic E-state index is -0.463. The summed E-state index contributed by atoms with van der Waals surface area (Å²) in [5, 5.41) is 2.85. The van der Waals surface area contributed by atoms with Gasteiger partial charge in [0.25, 0.3) is 0 Å². The third kappa shape index (κ3) is 5.61. The van der Waals surface area contributed by atoms with E-state index in [1.165, 1.54) is 0 Å². The zero-order valence-corrected chi connectivity index (χ0v) is 12.8. The molecule has 1 rings (SSSR count). The third-order valence-electron chi connectivity index (χ3n) is 2.97. The van der Waals surface area contributed by atoms with E-state index in [-0.39, 0.29) is 11.8 Å². The van der Waals surface area contributed by atoms with E-state index in [2.05, 4.69) is 19.2 Å². The lowest BCUT2D eigenvalue weighted by Crippen LogP contribution is -2.43. The fraction of sp³-hybridized carbons (Fsp3) is 0.562. The quantitative estimate of drug-likeness (QED) is 0.804. The maximum atomic E-state index is 11.8. The van der Waals surface area contributed by atoms with Gasteiger partial charge in [0.05, 0.1) is 12.6 Å². The molecule has 0 fully saturated rings. The largest absolute Gasteiger partial charge is 0.493 e. The van der Waals surface area contributed by atoms with Crippen molar-refractivity contribution >= 4 is 5.91 Å². The second-order valence-electron chi connectivity index (χ2n) is 5.84. The van der Waals surface area contributed by atoms with Gasteiger partial charge in [-0.3, -0.25) is 4.79 Å². The van der Waals surface area contributed by atoms with Crippen molar-refractivity contribution in [2.75, 3.05) is 6.61 Å². The van der Waals surface area contributed by atoms with Gasteiger partial charge in [0.2, 0.25) is 5.91 Å². The minimum absolute atomic E-state index is 0.117. The van der Waals surface area contributed by atoms with Crippen molar-refractivity contribution < 1.29 is 9.53 Å². The molecule has 0 aliphatic rings. The maximum Gasteiger partial charge on any atom is 0.237 e. The SMILES string of the molecule is CC(C)COc1cccc(CNC(=O)[C@@H](N)C(C)C)c1. The topological polar surface area (TPSA) is 64.3 Å². The Bertz CT molecular complexity index is 430. The van der Waals surface area contributed by atoms with Crippen molar-refractivity contribution in [1.29, 1.82) is 0 Å². The van der Waals surface area contributed by atoms with Gasteiger partial charge in [0.15, 0.2) is 0 Å².